The van der Waals surface area contributed by atoms with E-state index in [2.05, 4.69) is 10.3 Å². The lowest BCUT2D eigenvalue weighted by Gasteiger charge is -2.31. The van der Waals surface area contributed by atoms with E-state index in [1.54, 1.807) is 31.0 Å². The second kappa shape index (κ2) is 12.0. The largest absolute Gasteiger partial charge is 0.486 e. The Balaban J connectivity index is 1.76. The Labute approximate surface area is 212 Å². The molecule has 9 heteroatoms. The van der Waals surface area contributed by atoms with E-state index < -0.39 is 35.6 Å². The summed E-state index contributed by atoms with van der Waals surface area (Å²) in [6.45, 7) is 7.55. The van der Waals surface area contributed by atoms with Crippen molar-refractivity contribution in [3.63, 3.8) is 0 Å². The fraction of sp³-hybridized carbons (Fsp3) is 0.481. The molecule has 0 unspecified atom stereocenters. The molecule has 1 aromatic heterocycles. The predicted molar refractivity (Wildman–Crippen MR) is 133 cm³/mol. The van der Waals surface area contributed by atoms with Crippen LogP contribution in [0.4, 0.5) is 0 Å². The lowest BCUT2D eigenvalue weighted by molar-refractivity contribution is -0.161. The zero-order valence-electron chi connectivity index (χ0n) is 21.5. The van der Waals surface area contributed by atoms with Gasteiger partial charge in [0.25, 0.3) is 5.91 Å². The number of benzene rings is 1. The summed E-state index contributed by atoms with van der Waals surface area (Å²) < 4.78 is 16.7. The number of nitrogens with zero attached hydrogens (tertiary/aromatic N) is 2. The summed E-state index contributed by atoms with van der Waals surface area (Å²) in [5, 5.41) is 2.79. The first-order valence-corrected chi connectivity index (χ1v) is 12.1. The number of hydrogen-bond acceptors (Lipinski definition) is 8. The molecule has 0 bridgehead atoms. The molecule has 0 saturated carbocycles. The van der Waals surface area contributed by atoms with Gasteiger partial charge in [0.15, 0.2) is 11.4 Å². The molecule has 36 heavy (non-hydrogen) atoms. The van der Waals surface area contributed by atoms with Crippen molar-refractivity contribution in [3.8, 4) is 5.75 Å². The third-order valence-corrected chi connectivity index (χ3v) is 5.86. The number of pyridine rings is 1. The van der Waals surface area contributed by atoms with Gasteiger partial charge in [-0.1, -0.05) is 30.3 Å². The Morgan fingerprint density at radius 2 is 1.83 bits per heavy atom. The van der Waals surface area contributed by atoms with Crippen LogP contribution in [0, 0.1) is 0 Å². The molecule has 2 aromatic rings. The van der Waals surface area contributed by atoms with Gasteiger partial charge in [-0.15, -0.1) is 0 Å². The molecule has 1 saturated heterocycles. The number of carbonyl (C=O) groups is 3. The number of esters is 2. The van der Waals surface area contributed by atoms with E-state index in [0.29, 0.717) is 18.6 Å². The lowest BCUT2D eigenvalue weighted by atomic mass is 10.1. The number of amides is 1. The number of aromatic nitrogens is 1. The molecule has 2 heterocycles. The molecular formula is C27H35N3O6. The van der Waals surface area contributed by atoms with Crippen molar-refractivity contribution in [3.05, 3.63) is 59.9 Å². The summed E-state index contributed by atoms with van der Waals surface area (Å²) in [6.07, 6.45) is 2.49. The number of hydrogen-bond donors (Lipinski definition) is 1. The second-order valence-corrected chi connectivity index (χ2v) is 9.69. The minimum Gasteiger partial charge on any atom is -0.486 e. The van der Waals surface area contributed by atoms with Crippen LogP contribution in [-0.4, -0.2) is 65.1 Å². The minimum absolute atomic E-state index is 0.0621. The van der Waals surface area contributed by atoms with Crippen molar-refractivity contribution in [1.29, 1.82) is 0 Å². The summed E-state index contributed by atoms with van der Waals surface area (Å²) >= 11 is 0. The van der Waals surface area contributed by atoms with Crippen molar-refractivity contribution in [2.75, 3.05) is 13.7 Å². The average Bonchev–Trinajstić information content (AvgIpc) is 3.22. The molecule has 1 aliphatic rings. The van der Waals surface area contributed by atoms with Gasteiger partial charge < -0.3 is 19.5 Å². The highest BCUT2D eigenvalue weighted by Crippen LogP contribution is 2.28. The van der Waals surface area contributed by atoms with Crippen LogP contribution >= 0.6 is 0 Å². The van der Waals surface area contributed by atoms with Crippen LogP contribution in [0.15, 0.2) is 48.7 Å². The SMILES string of the molecule is CCOC(=O)[C@H](NC(=O)c1ncccc1OCc1ccccc1)[C@H]1CC[C@H](C(=O)OC(C)(C)C)N1C. The van der Waals surface area contributed by atoms with Gasteiger partial charge in [-0.3, -0.25) is 14.5 Å². The smallest absolute Gasteiger partial charge is 0.330 e. The Hall–Kier alpha value is -3.46. The molecule has 0 aliphatic carbocycles. The predicted octanol–water partition coefficient (Wildman–Crippen LogP) is 3.13. The highest BCUT2D eigenvalue weighted by molar-refractivity contribution is 5.97. The average molecular weight is 498 g/mol. The Bertz CT molecular complexity index is 1050. The number of likely N-dealkylation sites (N-methyl/N-ethyl adjacent to an activating group) is 1. The normalized spacial score (nSPS) is 18.8. The molecule has 0 spiro atoms. The number of rotatable bonds is 9. The molecular weight excluding hydrogens is 462 g/mol. The molecule has 1 fully saturated rings. The summed E-state index contributed by atoms with van der Waals surface area (Å²) in [5.74, 6) is -1.20. The maximum Gasteiger partial charge on any atom is 0.330 e. The van der Waals surface area contributed by atoms with Crippen LogP contribution in [0.2, 0.25) is 0 Å². The van der Waals surface area contributed by atoms with E-state index in [1.165, 1.54) is 6.20 Å². The van der Waals surface area contributed by atoms with E-state index >= 15 is 0 Å². The zero-order chi connectivity index (χ0) is 26.3. The molecule has 1 aliphatic heterocycles. The first kappa shape index (κ1) is 27.1. The van der Waals surface area contributed by atoms with E-state index in [9.17, 15) is 14.4 Å². The van der Waals surface area contributed by atoms with Gasteiger partial charge in [-0.25, -0.2) is 9.78 Å². The van der Waals surface area contributed by atoms with E-state index in [-0.39, 0.29) is 24.9 Å². The third-order valence-electron chi connectivity index (χ3n) is 5.86. The fourth-order valence-electron chi connectivity index (χ4n) is 4.19. The van der Waals surface area contributed by atoms with Gasteiger partial charge in [-0.05, 0) is 65.3 Å². The summed E-state index contributed by atoms with van der Waals surface area (Å²) in [4.78, 5) is 44.9. The van der Waals surface area contributed by atoms with Crippen LogP contribution in [0.3, 0.4) is 0 Å². The van der Waals surface area contributed by atoms with Gasteiger partial charge in [0.1, 0.15) is 24.3 Å². The lowest BCUT2D eigenvalue weighted by Crippen LogP contribution is -2.55. The highest BCUT2D eigenvalue weighted by atomic mass is 16.6. The van der Waals surface area contributed by atoms with Crippen LogP contribution in [-0.2, 0) is 25.7 Å². The number of ether oxygens (including phenoxy) is 3. The maximum atomic E-state index is 13.3. The standard InChI is InChI=1S/C27H35N3O6/c1-6-34-26(33)22(19-14-15-20(30(19)5)25(32)36-27(2,3)4)29-24(31)23-21(13-10-16-28-23)35-17-18-11-8-7-9-12-18/h7-13,16,19-20,22H,6,14-15,17H2,1-5H3,(H,29,31)/t19-,20-,22-/m1/s1. The number of nitrogens with one attached hydrogen (secondary N) is 1. The van der Waals surface area contributed by atoms with Crippen molar-refractivity contribution >= 4 is 17.8 Å². The Morgan fingerprint density at radius 1 is 1.11 bits per heavy atom. The van der Waals surface area contributed by atoms with Crippen molar-refractivity contribution < 1.29 is 28.6 Å². The van der Waals surface area contributed by atoms with Gasteiger partial charge >= 0.3 is 11.9 Å². The maximum absolute atomic E-state index is 13.3. The molecule has 1 amide bonds. The molecule has 1 aromatic carbocycles. The summed E-state index contributed by atoms with van der Waals surface area (Å²) in [6, 6.07) is 10.9. The van der Waals surface area contributed by atoms with Crippen molar-refractivity contribution in [1.82, 2.24) is 15.2 Å². The fourth-order valence-corrected chi connectivity index (χ4v) is 4.19. The van der Waals surface area contributed by atoms with Gasteiger partial charge in [0.05, 0.1) is 6.61 Å². The van der Waals surface area contributed by atoms with E-state index in [0.717, 1.165) is 5.56 Å². The summed E-state index contributed by atoms with van der Waals surface area (Å²) in [5.41, 5.74) is 0.379. The monoisotopic (exact) mass is 497 g/mol. The number of likely N-dealkylation sites (tertiary alicyclic amines) is 1. The van der Waals surface area contributed by atoms with Crippen molar-refractivity contribution in [2.24, 2.45) is 0 Å². The Kier molecular flexibility index (Phi) is 9.03. The zero-order valence-corrected chi connectivity index (χ0v) is 21.5. The Morgan fingerprint density at radius 3 is 2.50 bits per heavy atom. The van der Waals surface area contributed by atoms with Crippen LogP contribution in [0.25, 0.3) is 0 Å². The quantitative estimate of drug-likeness (QED) is 0.527. The molecule has 0 radical (unpaired) electrons. The molecule has 9 nitrogen and oxygen atoms in total. The first-order chi connectivity index (χ1) is 17.1. The summed E-state index contributed by atoms with van der Waals surface area (Å²) in [7, 11) is 1.75. The molecule has 1 N–H and O–H groups in total. The second-order valence-electron chi connectivity index (χ2n) is 9.69. The first-order valence-electron chi connectivity index (χ1n) is 12.1. The number of carbonyl (C=O) groups excluding carboxylic acids is 3. The molecule has 3 atom stereocenters. The molecule has 194 valence electrons. The minimum atomic E-state index is -1.00. The van der Waals surface area contributed by atoms with Crippen LogP contribution < -0.4 is 10.1 Å². The van der Waals surface area contributed by atoms with E-state index in [4.69, 9.17) is 14.2 Å². The van der Waals surface area contributed by atoms with Crippen LogP contribution in [0.1, 0.15) is 56.6 Å². The highest BCUT2D eigenvalue weighted by Gasteiger charge is 2.44. The van der Waals surface area contributed by atoms with Gasteiger partial charge in [0, 0.05) is 12.2 Å². The van der Waals surface area contributed by atoms with Crippen LogP contribution in [0.5, 0.6) is 5.75 Å². The van der Waals surface area contributed by atoms with Crippen molar-refractivity contribution in [2.45, 2.75) is 70.9 Å². The third kappa shape index (κ3) is 7.04. The van der Waals surface area contributed by atoms with E-state index in [1.807, 2.05) is 51.1 Å². The molecule has 3 rings (SSSR count). The topological polar surface area (TPSA) is 107 Å². The van der Waals surface area contributed by atoms with Gasteiger partial charge in [-0.2, -0.15) is 0 Å². The van der Waals surface area contributed by atoms with Gasteiger partial charge in [0.2, 0.25) is 0 Å².